The van der Waals surface area contributed by atoms with Gasteiger partial charge in [-0.1, -0.05) is 0 Å². The second-order valence-corrected chi connectivity index (χ2v) is 3.65. The molecule has 1 rings (SSSR count). The summed E-state index contributed by atoms with van der Waals surface area (Å²) >= 11 is 0. The molecule has 4 heteroatoms. The molecule has 0 spiro atoms. The quantitative estimate of drug-likeness (QED) is 0.655. The first kappa shape index (κ1) is 13.2. The maximum atomic E-state index is 5.36. The molecule has 0 unspecified atom stereocenters. The molecule has 0 amide bonds. The van der Waals surface area contributed by atoms with E-state index >= 15 is 0 Å². The largest absolute Gasteiger partial charge is 0.468 e. The van der Waals surface area contributed by atoms with Crippen LogP contribution in [0, 0.1) is 0 Å². The van der Waals surface area contributed by atoms with Crippen molar-refractivity contribution in [1.82, 2.24) is 5.32 Å². The Labute approximate surface area is 96.9 Å². The smallest absolute Gasteiger partial charge is 0.120 e. The van der Waals surface area contributed by atoms with Gasteiger partial charge in [-0.05, 0) is 32.0 Å². The Hall–Kier alpha value is -0.840. The van der Waals surface area contributed by atoms with E-state index in [-0.39, 0.29) is 6.04 Å². The first-order valence-electron chi connectivity index (χ1n) is 5.68. The third-order valence-corrected chi connectivity index (χ3v) is 2.32. The molecule has 1 aromatic rings. The highest BCUT2D eigenvalue weighted by atomic mass is 16.5. The van der Waals surface area contributed by atoms with E-state index in [9.17, 15) is 0 Å². The lowest BCUT2D eigenvalue weighted by molar-refractivity contribution is 0.0692. The number of ether oxygens (including phenoxy) is 2. The van der Waals surface area contributed by atoms with Crippen molar-refractivity contribution in [3.63, 3.8) is 0 Å². The number of furan rings is 1. The van der Waals surface area contributed by atoms with Crippen LogP contribution in [0.4, 0.5) is 0 Å². The summed E-state index contributed by atoms with van der Waals surface area (Å²) in [5.41, 5.74) is 0. The van der Waals surface area contributed by atoms with Gasteiger partial charge in [-0.3, -0.25) is 0 Å². The molecule has 16 heavy (non-hydrogen) atoms. The van der Waals surface area contributed by atoms with Crippen molar-refractivity contribution >= 4 is 0 Å². The first-order chi connectivity index (χ1) is 7.84. The molecule has 0 aliphatic heterocycles. The van der Waals surface area contributed by atoms with Crippen molar-refractivity contribution in [2.24, 2.45) is 0 Å². The molecule has 0 aliphatic rings. The molecule has 1 atom stereocenters. The van der Waals surface area contributed by atoms with Gasteiger partial charge in [0.05, 0.1) is 25.5 Å². The van der Waals surface area contributed by atoms with Crippen LogP contribution < -0.4 is 5.32 Å². The fourth-order valence-electron chi connectivity index (χ4n) is 1.38. The number of hydrogen-bond acceptors (Lipinski definition) is 4. The Kier molecular flexibility index (Phi) is 6.88. The zero-order chi connectivity index (χ0) is 11.6. The van der Waals surface area contributed by atoms with Gasteiger partial charge in [0.2, 0.25) is 0 Å². The number of methoxy groups -OCH3 is 1. The summed E-state index contributed by atoms with van der Waals surface area (Å²) in [6, 6.07) is 4.14. The number of nitrogens with one attached hydrogen (secondary N) is 1. The molecule has 0 aliphatic carbocycles. The van der Waals surface area contributed by atoms with E-state index in [1.165, 1.54) is 0 Å². The molecule has 1 aromatic heterocycles. The SMILES string of the molecule is COCCOCCCN[C@H](C)c1ccco1. The van der Waals surface area contributed by atoms with E-state index in [1.807, 2.05) is 12.1 Å². The third-order valence-electron chi connectivity index (χ3n) is 2.32. The second-order valence-electron chi connectivity index (χ2n) is 3.65. The molecule has 0 aromatic carbocycles. The highest BCUT2D eigenvalue weighted by molar-refractivity contribution is 5.02. The standard InChI is InChI=1S/C12H21NO3/c1-11(12-5-3-8-16-12)13-6-4-7-15-10-9-14-2/h3,5,8,11,13H,4,6-7,9-10H2,1-2H3/t11-/m1/s1. The average molecular weight is 227 g/mol. The van der Waals surface area contributed by atoms with Crippen molar-refractivity contribution in [3.8, 4) is 0 Å². The lowest BCUT2D eigenvalue weighted by atomic mass is 10.2. The van der Waals surface area contributed by atoms with Gasteiger partial charge in [0, 0.05) is 13.7 Å². The molecule has 0 saturated carbocycles. The van der Waals surface area contributed by atoms with Gasteiger partial charge < -0.3 is 19.2 Å². The Morgan fingerprint density at radius 2 is 2.25 bits per heavy atom. The van der Waals surface area contributed by atoms with E-state index in [0.29, 0.717) is 13.2 Å². The van der Waals surface area contributed by atoms with E-state index in [2.05, 4.69) is 12.2 Å². The zero-order valence-corrected chi connectivity index (χ0v) is 10.1. The summed E-state index contributed by atoms with van der Waals surface area (Å²) in [5, 5.41) is 3.37. The van der Waals surface area contributed by atoms with Gasteiger partial charge in [0.25, 0.3) is 0 Å². The van der Waals surface area contributed by atoms with Crippen LogP contribution in [0.15, 0.2) is 22.8 Å². The van der Waals surface area contributed by atoms with E-state index in [0.717, 1.165) is 25.3 Å². The van der Waals surface area contributed by atoms with E-state index < -0.39 is 0 Å². The maximum Gasteiger partial charge on any atom is 0.120 e. The molecule has 92 valence electrons. The molecule has 4 nitrogen and oxygen atoms in total. The first-order valence-corrected chi connectivity index (χ1v) is 5.68. The maximum absolute atomic E-state index is 5.36. The fourth-order valence-corrected chi connectivity index (χ4v) is 1.38. The van der Waals surface area contributed by atoms with Gasteiger partial charge >= 0.3 is 0 Å². The summed E-state index contributed by atoms with van der Waals surface area (Å²) < 4.78 is 15.5. The summed E-state index contributed by atoms with van der Waals surface area (Å²) in [6.45, 7) is 5.11. The Morgan fingerprint density at radius 1 is 1.38 bits per heavy atom. The monoisotopic (exact) mass is 227 g/mol. The van der Waals surface area contributed by atoms with Crippen molar-refractivity contribution < 1.29 is 13.9 Å². The van der Waals surface area contributed by atoms with Crippen LogP contribution in [0.3, 0.4) is 0 Å². The van der Waals surface area contributed by atoms with Gasteiger partial charge in [-0.25, -0.2) is 0 Å². The highest BCUT2D eigenvalue weighted by Gasteiger charge is 2.05. The zero-order valence-electron chi connectivity index (χ0n) is 10.1. The lowest BCUT2D eigenvalue weighted by Gasteiger charge is -2.11. The molecular formula is C12H21NO3. The van der Waals surface area contributed by atoms with Crippen LogP contribution in [-0.4, -0.2) is 33.5 Å². The summed E-state index contributed by atoms with van der Waals surface area (Å²) in [4.78, 5) is 0. The molecular weight excluding hydrogens is 206 g/mol. The Morgan fingerprint density at radius 3 is 2.94 bits per heavy atom. The van der Waals surface area contributed by atoms with Gasteiger partial charge in [-0.2, -0.15) is 0 Å². The van der Waals surface area contributed by atoms with Crippen LogP contribution >= 0.6 is 0 Å². The third kappa shape index (κ3) is 5.30. The predicted octanol–water partition coefficient (Wildman–Crippen LogP) is 1.98. The van der Waals surface area contributed by atoms with Gasteiger partial charge in [-0.15, -0.1) is 0 Å². The van der Waals surface area contributed by atoms with Crippen molar-refractivity contribution in [2.75, 3.05) is 33.5 Å². The minimum absolute atomic E-state index is 0.258. The second kappa shape index (κ2) is 8.33. The minimum Gasteiger partial charge on any atom is -0.468 e. The molecule has 0 bridgehead atoms. The van der Waals surface area contributed by atoms with Crippen LogP contribution in [0.2, 0.25) is 0 Å². The Balaban J connectivity index is 1.95. The van der Waals surface area contributed by atoms with Crippen molar-refractivity contribution in [1.29, 1.82) is 0 Å². The molecule has 0 radical (unpaired) electrons. The fraction of sp³-hybridized carbons (Fsp3) is 0.667. The topological polar surface area (TPSA) is 43.6 Å². The normalized spacial score (nSPS) is 12.9. The van der Waals surface area contributed by atoms with Crippen molar-refractivity contribution in [2.45, 2.75) is 19.4 Å². The molecule has 0 saturated heterocycles. The summed E-state index contributed by atoms with van der Waals surface area (Å²) in [7, 11) is 1.68. The highest BCUT2D eigenvalue weighted by Crippen LogP contribution is 2.11. The lowest BCUT2D eigenvalue weighted by Crippen LogP contribution is -2.20. The van der Waals surface area contributed by atoms with Crippen LogP contribution in [0.5, 0.6) is 0 Å². The van der Waals surface area contributed by atoms with Gasteiger partial charge in [0.15, 0.2) is 0 Å². The minimum atomic E-state index is 0.258. The van der Waals surface area contributed by atoms with Gasteiger partial charge in [0.1, 0.15) is 5.76 Å². The van der Waals surface area contributed by atoms with Crippen LogP contribution in [0.25, 0.3) is 0 Å². The molecule has 1 N–H and O–H groups in total. The van der Waals surface area contributed by atoms with Crippen LogP contribution in [0.1, 0.15) is 25.1 Å². The predicted molar refractivity (Wildman–Crippen MR) is 62.4 cm³/mol. The van der Waals surface area contributed by atoms with E-state index in [4.69, 9.17) is 13.9 Å². The van der Waals surface area contributed by atoms with Crippen LogP contribution in [-0.2, 0) is 9.47 Å². The van der Waals surface area contributed by atoms with E-state index in [1.54, 1.807) is 13.4 Å². The molecule has 1 heterocycles. The summed E-state index contributed by atoms with van der Waals surface area (Å²) in [6.07, 6.45) is 2.69. The molecule has 0 fully saturated rings. The van der Waals surface area contributed by atoms with Crippen molar-refractivity contribution in [3.05, 3.63) is 24.2 Å². The number of hydrogen-bond donors (Lipinski definition) is 1. The number of rotatable bonds is 9. The Bertz CT molecular complexity index is 249. The summed E-state index contributed by atoms with van der Waals surface area (Å²) in [5.74, 6) is 0.973. The average Bonchev–Trinajstić information content (AvgIpc) is 2.81.